The topological polar surface area (TPSA) is 21.1 Å². The van der Waals surface area contributed by atoms with Crippen molar-refractivity contribution < 1.29 is 0 Å². The second-order valence-electron chi connectivity index (χ2n) is 13.3. The quantitative estimate of drug-likeness (QED) is 0.193. The summed E-state index contributed by atoms with van der Waals surface area (Å²) in [6, 6.07) is 55.2. The first kappa shape index (κ1) is 27.5. The number of anilines is 3. The summed E-state index contributed by atoms with van der Waals surface area (Å²) < 4.78 is 2.35. The van der Waals surface area contributed by atoms with Crippen LogP contribution in [0.2, 0.25) is 0 Å². The van der Waals surface area contributed by atoms with Crippen molar-refractivity contribution in [2.24, 2.45) is 0 Å². The average molecular weight is 634 g/mol. The summed E-state index contributed by atoms with van der Waals surface area (Å²) in [6.07, 6.45) is 0. The molecular formula is C44H31N3S. The van der Waals surface area contributed by atoms with Crippen molar-refractivity contribution in [3.8, 4) is 28.2 Å². The number of benzene rings is 7. The van der Waals surface area contributed by atoms with Gasteiger partial charge in [0, 0.05) is 32.1 Å². The van der Waals surface area contributed by atoms with Crippen LogP contribution in [0.15, 0.2) is 161 Å². The molecule has 0 N–H and O–H groups in total. The molecule has 0 radical (unpaired) electrons. The van der Waals surface area contributed by atoms with Crippen molar-refractivity contribution >= 4 is 50.6 Å². The molecule has 1 aromatic heterocycles. The van der Waals surface area contributed by atoms with Crippen LogP contribution in [0.3, 0.4) is 0 Å². The van der Waals surface area contributed by atoms with Crippen molar-refractivity contribution in [3.05, 3.63) is 163 Å². The fourth-order valence-electron chi connectivity index (χ4n) is 7.80. The average Bonchev–Trinajstić information content (AvgIpc) is 3.63. The molecule has 0 atom stereocenters. The van der Waals surface area contributed by atoms with Crippen molar-refractivity contribution in [1.29, 1.82) is 0 Å². The Kier molecular flexibility index (Phi) is 5.85. The lowest BCUT2D eigenvalue weighted by Gasteiger charge is -2.33. The Morgan fingerprint density at radius 1 is 0.542 bits per heavy atom. The molecule has 0 bridgehead atoms. The van der Waals surface area contributed by atoms with Gasteiger partial charge in [0.1, 0.15) is 5.82 Å². The van der Waals surface area contributed by atoms with E-state index in [1.807, 2.05) is 11.8 Å². The van der Waals surface area contributed by atoms with E-state index in [1.165, 1.54) is 54.2 Å². The van der Waals surface area contributed by atoms with Gasteiger partial charge in [-0.25, -0.2) is 4.98 Å². The normalized spacial score (nSPS) is 14.1. The highest BCUT2D eigenvalue weighted by Crippen LogP contribution is 2.53. The van der Waals surface area contributed by atoms with E-state index in [9.17, 15) is 0 Å². The zero-order valence-corrected chi connectivity index (χ0v) is 27.5. The molecule has 48 heavy (non-hydrogen) atoms. The molecular weight excluding hydrogens is 603 g/mol. The maximum Gasteiger partial charge on any atom is 0.145 e. The second kappa shape index (κ2) is 10.2. The highest BCUT2D eigenvalue weighted by molar-refractivity contribution is 7.99. The molecule has 3 nitrogen and oxygen atoms in total. The van der Waals surface area contributed by atoms with Gasteiger partial charge in [-0.3, -0.25) is 4.57 Å². The molecule has 7 aromatic carbocycles. The maximum absolute atomic E-state index is 5.27. The van der Waals surface area contributed by atoms with Gasteiger partial charge in [0.05, 0.1) is 22.4 Å². The van der Waals surface area contributed by atoms with Gasteiger partial charge in [-0.15, -0.1) is 0 Å². The van der Waals surface area contributed by atoms with E-state index in [0.717, 1.165) is 33.8 Å². The summed E-state index contributed by atoms with van der Waals surface area (Å²) >= 11 is 1.83. The number of para-hydroxylation sites is 3. The van der Waals surface area contributed by atoms with Crippen LogP contribution in [0.4, 0.5) is 17.1 Å². The zero-order valence-electron chi connectivity index (χ0n) is 26.7. The van der Waals surface area contributed by atoms with Gasteiger partial charge in [0.15, 0.2) is 0 Å². The number of aromatic nitrogens is 2. The molecule has 0 saturated carbocycles. The SMILES string of the molecule is CC1(C)c2ccccc2-c2ccc(-n3c(-c4ccc5c(c4)Sc4ccccc4N5c4ccc5ccccc5c4)nc4ccccc43)cc21. The molecule has 8 aromatic rings. The van der Waals surface area contributed by atoms with Gasteiger partial charge in [0.2, 0.25) is 0 Å². The Hall–Kier alpha value is -5.58. The summed E-state index contributed by atoms with van der Waals surface area (Å²) in [5.74, 6) is 0.948. The molecule has 0 spiro atoms. The van der Waals surface area contributed by atoms with Gasteiger partial charge >= 0.3 is 0 Å². The Bertz CT molecular complexity index is 2590. The fourth-order valence-corrected chi connectivity index (χ4v) is 8.90. The summed E-state index contributed by atoms with van der Waals surface area (Å²) in [4.78, 5) is 10.1. The number of nitrogens with zero attached hydrogens (tertiary/aromatic N) is 3. The van der Waals surface area contributed by atoms with Gasteiger partial charge in [-0.1, -0.05) is 111 Å². The monoisotopic (exact) mass is 633 g/mol. The van der Waals surface area contributed by atoms with E-state index in [0.29, 0.717) is 0 Å². The van der Waals surface area contributed by atoms with E-state index in [2.05, 4.69) is 175 Å². The minimum atomic E-state index is -0.0828. The summed E-state index contributed by atoms with van der Waals surface area (Å²) in [6.45, 7) is 4.68. The Morgan fingerprint density at radius 2 is 1.27 bits per heavy atom. The van der Waals surface area contributed by atoms with Crippen LogP contribution < -0.4 is 4.90 Å². The summed E-state index contributed by atoms with van der Waals surface area (Å²) in [7, 11) is 0. The van der Waals surface area contributed by atoms with E-state index in [4.69, 9.17) is 4.98 Å². The summed E-state index contributed by atoms with van der Waals surface area (Å²) in [5, 5.41) is 2.48. The first-order chi connectivity index (χ1) is 23.5. The van der Waals surface area contributed by atoms with Crippen LogP contribution >= 0.6 is 11.8 Å². The van der Waals surface area contributed by atoms with Crippen molar-refractivity contribution in [2.45, 2.75) is 29.1 Å². The number of fused-ring (bicyclic) bond motifs is 7. The molecule has 1 aliphatic heterocycles. The third kappa shape index (κ3) is 3.99. The van der Waals surface area contributed by atoms with Crippen LogP contribution in [0.5, 0.6) is 0 Å². The largest absolute Gasteiger partial charge is 0.308 e. The third-order valence-electron chi connectivity index (χ3n) is 10.2. The lowest BCUT2D eigenvalue weighted by atomic mass is 9.82. The van der Waals surface area contributed by atoms with Crippen molar-refractivity contribution in [1.82, 2.24) is 9.55 Å². The molecule has 0 fully saturated rings. The van der Waals surface area contributed by atoms with E-state index in [-0.39, 0.29) is 5.41 Å². The van der Waals surface area contributed by atoms with Crippen LogP contribution in [-0.2, 0) is 5.41 Å². The smallest absolute Gasteiger partial charge is 0.145 e. The second-order valence-corrected chi connectivity index (χ2v) is 14.4. The predicted molar refractivity (Wildman–Crippen MR) is 200 cm³/mol. The van der Waals surface area contributed by atoms with Crippen molar-refractivity contribution in [3.63, 3.8) is 0 Å². The highest BCUT2D eigenvalue weighted by atomic mass is 32.2. The molecule has 0 unspecified atom stereocenters. The van der Waals surface area contributed by atoms with Gasteiger partial charge in [-0.05, 0) is 99.8 Å². The van der Waals surface area contributed by atoms with E-state index >= 15 is 0 Å². The predicted octanol–water partition coefficient (Wildman–Crippen LogP) is 12.1. The van der Waals surface area contributed by atoms with E-state index < -0.39 is 0 Å². The van der Waals surface area contributed by atoms with Gasteiger partial charge in [-0.2, -0.15) is 0 Å². The first-order valence-electron chi connectivity index (χ1n) is 16.5. The van der Waals surface area contributed by atoms with Crippen LogP contribution in [0.25, 0.3) is 50.0 Å². The minimum Gasteiger partial charge on any atom is -0.308 e. The maximum atomic E-state index is 5.27. The number of hydrogen-bond donors (Lipinski definition) is 0. The standard InChI is InChI=1S/C44H31N3S/c1-44(2)35-14-6-5-13-33(35)34-23-22-32(27-36(34)44)47-38-16-8-7-15-37(38)45-43(47)30-20-24-40-42(26-30)48-41-18-10-9-17-39(41)46(40)31-21-19-28-11-3-4-12-29(28)25-31/h3-27H,1-2H3. The Balaban J connectivity index is 1.14. The molecule has 228 valence electrons. The molecule has 0 saturated heterocycles. The van der Waals surface area contributed by atoms with Gasteiger partial charge < -0.3 is 4.90 Å². The number of imidazole rings is 1. The Morgan fingerprint density at radius 3 is 2.21 bits per heavy atom. The number of rotatable bonds is 3. The molecule has 0 amide bonds. The molecule has 2 heterocycles. The van der Waals surface area contributed by atoms with Crippen LogP contribution in [0.1, 0.15) is 25.0 Å². The minimum absolute atomic E-state index is 0.0828. The summed E-state index contributed by atoms with van der Waals surface area (Å²) in [5.41, 5.74) is 13.2. The zero-order chi connectivity index (χ0) is 32.0. The Labute approximate surface area is 284 Å². The molecule has 2 aliphatic rings. The third-order valence-corrected chi connectivity index (χ3v) is 11.3. The highest BCUT2D eigenvalue weighted by Gasteiger charge is 2.35. The lowest BCUT2D eigenvalue weighted by molar-refractivity contribution is 0.660. The van der Waals surface area contributed by atoms with Crippen LogP contribution in [0, 0.1) is 0 Å². The van der Waals surface area contributed by atoms with Crippen molar-refractivity contribution in [2.75, 3.05) is 4.90 Å². The lowest BCUT2D eigenvalue weighted by Crippen LogP contribution is -2.15. The first-order valence-corrected chi connectivity index (χ1v) is 17.3. The number of hydrogen-bond acceptors (Lipinski definition) is 3. The molecule has 4 heteroatoms. The molecule has 10 rings (SSSR count). The van der Waals surface area contributed by atoms with E-state index in [1.54, 1.807) is 0 Å². The fraction of sp³-hybridized carbons (Fsp3) is 0.0682. The van der Waals surface area contributed by atoms with Crippen LogP contribution in [-0.4, -0.2) is 9.55 Å². The molecule has 1 aliphatic carbocycles. The van der Waals surface area contributed by atoms with Gasteiger partial charge in [0.25, 0.3) is 0 Å².